The van der Waals surface area contributed by atoms with Gasteiger partial charge in [-0.25, -0.2) is 0 Å². The quantitative estimate of drug-likeness (QED) is 0.404. The van der Waals surface area contributed by atoms with Gasteiger partial charge in [-0.2, -0.15) is 0 Å². The second kappa shape index (κ2) is 1.38. The summed E-state index contributed by atoms with van der Waals surface area (Å²) in [5.41, 5.74) is 0. The molecule has 0 atom stereocenters. The summed E-state index contributed by atoms with van der Waals surface area (Å²) >= 11 is -3.36. The molecule has 0 N–H and O–H groups in total. The Balaban J connectivity index is 0.0000000720. The predicted octanol–water partition coefficient (Wildman–Crippen LogP) is -0.748. The number of hydrogen-bond donors (Lipinski definition) is 0. The zero-order valence-electron chi connectivity index (χ0n) is 5.00. The van der Waals surface area contributed by atoms with Gasteiger partial charge in [0.25, 0.3) is 0 Å². The molecule has 4 rings (SSSR count). The van der Waals surface area contributed by atoms with Gasteiger partial charge in [0, 0.05) is 0 Å². The molecule has 0 nitrogen and oxygen atoms in total. The average molecular weight is 334 g/mol. The minimum absolute atomic E-state index is 1.68. The van der Waals surface area contributed by atoms with Gasteiger partial charge in [0.15, 0.2) is 0 Å². The van der Waals surface area contributed by atoms with E-state index in [1.807, 2.05) is 0 Å². The van der Waals surface area contributed by atoms with Crippen molar-refractivity contribution < 1.29 is 0 Å². The third kappa shape index (κ3) is 0.931. The molecule has 4 aliphatic rings. The first-order valence-corrected chi connectivity index (χ1v) is 14.4. The predicted molar refractivity (Wildman–Crippen MR) is 42.6 cm³/mol. The fourth-order valence-electron chi connectivity index (χ4n) is 0.500. The van der Waals surface area contributed by atoms with Crippen LogP contribution in [0.4, 0.5) is 0 Å². The summed E-state index contributed by atoms with van der Waals surface area (Å²) in [4.78, 5) is 0. The average Bonchev–Trinajstić information content (AvgIpc) is 2.81. The third-order valence-electron chi connectivity index (χ3n) is 1.50. The van der Waals surface area contributed by atoms with Crippen molar-refractivity contribution in [2.45, 2.75) is 0 Å². The van der Waals surface area contributed by atoms with E-state index in [2.05, 4.69) is 31.5 Å². The Morgan fingerprint density at radius 2 is 0.600 bits per heavy atom. The van der Waals surface area contributed by atoms with Crippen LogP contribution in [0.3, 0.4) is 0 Å². The Labute approximate surface area is 67.5 Å². The van der Waals surface area contributed by atoms with E-state index in [1.54, 1.807) is 0 Å². The van der Waals surface area contributed by atoms with Crippen molar-refractivity contribution in [3.8, 4) is 31.5 Å². The first-order valence-electron chi connectivity index (χ1n) is 3.00. The van der Waals surface area contributed by atoms with E-state index < -0.39 is 36.8 Å². The monoisotopic (exact) mass is 336 g/mol. The van der Waals surface area contributed by atoms with Crippen LogP contribution in [0.25, 0.3) is 0 Å². The molecule has 4 aliphatic heterocycles. The molecule has 0 saturated heterocycles. The van der Waals surface area contributed by atoms with Crippen LogP contribution in [0.5, 0.6) is 0 Å². The molecule has 10 heavy (non-hydrogen) atoms. The molecule has 0 unspecified atom stereocenters. The Hall–Kier alpha value is -0.163. The van der Waals surface area contributed by atoms with Crippen LogP contribution in [0, 0.1) is 31.5 Å². The van der Waals surface area contributed by atoms with Crippen molar-refractivity contribution in [3.05, 3.63) is 0 Å². The van der Waals surface area contributed by atoms with Gasteiger partial charge in [0.2, 0.25) is 0 Å². The topological polar surface area (TPSA) is 0 Å². The zero-order valence-corrected chi connectivity index (χ0v) is 10.7. The SMILES string of the molecule is [C]1#[C][Sn]12[C]#[C]2.[C]1#[C][Sn]12[C]#[C]2. The molecular weight excluding hydrogens is 334 g/mol. The van der Waals surface area contributed by atoms with E-state index in [4.69, 9.17) is 0 Å². The molecule has 2 heteroatoms. The summed E-state index contributed by atoms with van der Waals surface area (Å²) in [6.07, 6.45) is 0. The number of hydrogen-bond acceptors (Lipinski definition) is 0. The van der Waals surface area contributed by atoms with Crippen molar-refractivity contribution in [3.63, 3.8) is 0 Å². The van der Waals surface area contributed by atoms with Crippen molar-refractivity contribution >= 4 is 36.8 Å². The fourth-order valence-corrected chi connectivity index (χ4v) is 12.9. The van der Waals surface area contributed by atoms with Gasteiger partial charge in [-0.15, -0.1) is 0 Å². The maximum atomic E-state index is 3.02. The van der Waals surface area contributed by atoms with Crippen LogP contribution in [-0.2, 0) is 0 Å². The van der Waals surface area contributed by atoms with Gasteiger partial charge >= 0.3 is 68.2 Å². The molecule has 2 spiro atoms. The second-order valence-corrected chi connectivity index (χ2v) is 16.8. The molecule has 0 aliphatic carbocycles. The van der Waals surface area contributed by atoms with E-state index >= 15 is 0 Å². The molecule has 0 saturated carbocycles. The van der Waals surface area contributed by atoms with Crippen LogP contribution < -0.4 is 0 Å². The number of rotatable bonds is 0. The van der Waals surface area contributed by atoms with Gasteiger partial charge in [0.1, 0.15) is 0 Å². The molecule has 4 heterocycles. The Kier molecular flexibility index (Phi) is 0.756. The van der Waals surface area contributed by atoms with E-state index in [0.717, 1.165) is 0 Å². The maximum absolute atomic E-state index is 3.02. The summed E-state index contributed by atoms with van der Waals surface area (Å²) < 4.78 is 24.2. The molecular formula is C8Sn2. The van der Waals surface area contributed by atoms with E-state index in [9.17, 15) is 0 Å². The molecule has 0 aromatic heterocycles. The second-order valence-electron chi connectivity index (χ2n) is 2.50. The van der Waals surface area contributed by atoms with Crippen LogP contribution in [0.2, 0.25) is 0 Å². The molecule has 40 valence electrons. The molecule has 0 bridgehead atoms. The zero-order chi connectivity index (χ0) is 6.66. The van der Waals surface area contributed by atoms with Crippen LogP contribution >= 0.6 is 0 Å². The molecule has 0 aromatic rings. The standard InChI is InChI=1S/4C2.2Sn/c4*1-2;;. The van der Waals surface area contributed by atoms with Crippen molar-refractivity contribution in [2.75, 3.05) is 0 Å². The molecule has 0 fully saturated rings. The summed E-state index contributed by atoms with van der Waals surface area (Å²) in [6, 6.07) is 0. The summed E-state index contributed by atoms with van der Waals surface area (Å²) in [5.74, 6) is 0. The van der Waals surface area contributed by atoms with E-state index in [0.29, 0.717) is 0 Å². The summed E-state index contributed by atoms with van der Waals surface area (Å²) in [6.45, 7) is 0. The molecule has 0 aromatic carbocycles. The van der Waals surface area contributed by atoms with Crippen molar-refractivity contribution in [2.24, 2.45) is 0 Å². The summed E-state index contributed by atoms with van der Waals surface area (Å²) in [7, 11) is 0. The van der Waals surface area contributed by atoms with Gasteiger partial charge in [-0.05, 0) is 0 Å². The van der Waals surface area contributed by atoms with Gasteiger partial charge < -0.3 is 0 Å². The minimum atomic E-state index is -1.68. The van der Waals surface area contributed by atoms with E-state index in [1.165, 1.54) is 0 Å². The third-order valence-corrected chi connectivity index (χ3v) is 10.1. The fraction of sp³-hybridized carbons (Fsp3) is 0. The molecule has 0 amide bonds. The molecule has 0 radical (unpaired) electrons. The van der Waals surface area contributed by atoms with Crippen molar-refractivity contribution in [1.82, 2.24) is 0 Å². The summed E-state index contributed by atoms with van der Waals surface area (Å²) in [5, 5.41) is 0. The first kappa shape index (κ1) is 5.48. The first-order chi connectivity index (χ1) is 4.83. The van der Waals surface area contributed by atoms with E-state index in [-0.39, 0.29) is 0 Å². The van der Waals surface area contributed by atoms with Crippen LogP contribution in [-0.4, -0.2) is 36.8 Å². The normalized spacial score (nSPS) is 25.6. The van der Waals surface area contributed by atoms with Gasteiger partial charge in [-0.3, -0.25) is 0 Å². The van der Waals surface area contributed by atoms with Gasteiger partial charge in [-0.1, -0.05) is 0 Å². The van der Waals surface area contributed by atoms with Gasteiger partial charge in [0.05, 0.1) is 0 Å². The Morgan fingerprint density at radius 1 is 0.400 bits per heavy atom. The van der Waals surface area contributed by atoms with Crippen LogP contribution in [0.1, 0.15) is 0 Å². The van der Waals surface area contributed by atoms with Crippen molar-refractivity contribution in [1.29, 1.82) is 0 Å². The Bertz CT molecular complexity index is 347. The Morgan fingerprint density at radius 3 is 0.600 bits per heavy atom. The van der Waals surface area contributed by atoms with Crippen LogP contribution in [0.15, 0.2) is 0 Å².